The third-order valence-electron chi connectivity index (χ3n) is 2.17. The Labute approximate surface area is 91.1 Å². The number of anilines is 1. The van der Waals surface area contributed by atoms with Crippen LogP contribution in [0.3, 0.4) is 0 Å². The maximum atomic E-state index is 12.0. The van der Waals surface area contributed by atoms with E-state index in [-0.39, 0.29) is 11.2 Å². The number of ketones is 1. The molecule has 1 aromatic heterocycles. The first-order chi connectivity index (χ1) is 6.82. The van der Waals surface area contributed by atoms with E-state index in [1.54, 1.807) is 6.20 Å². The van der Waals surface area contributed by atoms with Gasteiger partial charge in [-0.25, -0.2) is 0 Å². The summed E-state index contributed by atoms with van der Waals surface area (Å²) in [7, 11) is 3.89. The van der Waals surface area contributed by atoms with Crippen molar-refractivity contribution < 1.29 is 4.79 Å². The van der Waals surface area contributed by atoms with Gasteiger partial charge in [0.15, 0.2) is 5.78 Å². The number of pyridine rings is 1. The second-order valence-electron chi connectivity index (χ2n) is 4.87. The first kappa shape index (κ1) is 11.7. The molecular weight excluding hydrogens is 188 g/mol. The van der Waals surface area contributed by atoms with Crippen LogP contribution in [0.1, 0.15) is 31.3 Å². The van der Waals surface area contributed by atoms with Crippen molar-refractivity contribution in [3.8, 4) is 0 Å². The molecule has 3 nitrogen and oxygen atoms in total. The minimum Gasteiger partial charge on any atom is -0.378 e. The van der Waals surface area contributed by atoms with Crippen LogP contribution in [0.15, 0.2) is 18.3 Å². The van der Waals surface area contributed by atoms with Crippen LogP contribution in [0.2, 0.25) is 0 Å². The number of nitrogens with zero attached hydrogens (tertiary/aromatic N) is 2. The van der Waals surface area contributed by atoms with Gasteiger partial charge in [0.2, 0.25) is 0 Å². The minimum atomic E-state index is -0.377. The number of aromatic nitrogens is 1. The van der Waals surface area contributed by atoms with E-state index in [2.05, 4.69) is 4.98 Å². The Morgan fingerprint density at radius 2 is 1.93 bits per heavy atom. The molecule has 0 radical (unpaired) electrons. The molecule has 3 heteroatoms. The van der Waals surface area contributed by atoms with Crippen LogP contribution in [0, 0.1) is 5.41 Å². The highest BCUT2D eigenvalue weighted by Crippen LogP contribution is 2.21. The number of rotatable bonds is 2. The van der Waals surface area contributed by atoms with Gasteiger partial charge in [0, 0.05) is 31.4 Å². The zero-order valence-electron chi connectivity index (χ0n) is 10.0. The number of carbonyl (C=O) groups excluding carboxylic acids is 1. The van der Waals surface area contributed by atoms with E-state index in [0.717, 1.165) is 5.69 Å². The molecule has 0 bridgehead atoms. The molecule has 15 heavy (non-hydrogen) atoms. The van der Waals surface area contributed by atoms with E-state index in [0.29, 0.717) is 5.69 Å². The lowest BCUT2D eigenvalue weighted by molar-refractivity contribution is 0.0853. The number of Topliss-reactive ketones (excluding diaryl/α,β-unsaturated/α-hetero) is 1. The second kappa shape index (κ2) is 4.01. The Bertz CT molecular complexity index is 364. The summed E-state index contributed by atoms with van der Waals surface area (Å²) in [6.07, 6.45) is 1.67. The fourth-order valence-electron chi connectivity index (χ4n) is 1.21. The molecule has 1 aromatic rings. The van der Waals surface area contributed by atoms with Gasteiger partial charge < -0.3 is 4.90 Å². The highest BCUT2D eigenvalue weighted by Gasteiger charge is 2.24. The lowest BCUT2D eigenvalue weighted by Gasteiger charge is -2.17. The van der Waals surface area contributed by atoms with Gasteiger partial charge in [0.25, 0.3) is 0 Å². The lowest BCUT2D eigenvalue weighted by Crippen LogP contribution is -2.21. The van der Waals surface area contributed by atoms with Crippen molar-refractivity contribution >= 4 is 11.5 Å². The van der Waals surface area contributed by atoms with Crippen molar-refractivity contribution in [2.45, 2.75) is 20.8 Å². The van der Waals surface area contributed by atoms with E-state index in [1.807, 2.05) is 51.9 Å². The summed E-state index contributed by atoms with van der Waals surface area (Å²) in [6, 6.07) is 3.72. The molecule has 0 fully saturated rings. The van der Waals surface area contributed by atoms with Crippen molar-refractivity contribution in [3.63, 3.8) is 0 Å². The summed E-state index contributed by atoms with van der Waals surface area (Å²) in [4.78, 5) is 18.0. The summed E-state index contributed by atoms with van der Waals surface area (Å²) in [5.41, 5.74) is 1.16. The van der Waals surface area contributed by atoms with E-state index < -0.39 is 0 Å². The average molecular weight is 206 g/mol. The van der Waals surface area contributed by atoms with Crippen molar-refractivity contribution in [2.75, 3.05) is 19.0 Å². The molecule has 0 saturated carbocycles. The van der Waals surface area contributed by atoms with E-state index in [1.165, 1.54) is 0 Å². The molecule has 0 aromatic carbocycles. The molecule has 82 valence electrons. The van der Waals surface area contributed by atoms with Crippen molar-refractivity contribution in [1.82, 2.24) is 4.98 Å². The molecule has 0 aliphatic rings. The molecule has 0 aliphatic heterocycles. The summed E-state index contributed by atoms with van der Waals surface area (Å²) in [6.45, 7) is 5.71. The van der Waals surface area contributed by atoms with Crippen LogP contribution >= 0.6 is 0 Å². The molecule has 0 saturated heterocycles. The highest BCUT2D eigenvalue weighted by atomic mass is 16.1. The van der Waals surface area contributed by atoms with Crippen LogP contribution in [-0.2, 0) is 0 Å². The molecule has 0 amide bonds. The standard InChI is InChI=1S/C12H18N2O/c1-12(2,3)11(15)10-8-9(14(4)5)6-7-13-10/h6-8H,1-5H3. The molecule has 1 rings (SSSR count). The largest absolute Gasteiger partial charge is 0.378 e. The fraction of sp³-hybridized carbons (Fsp3) is 0.500. The first-order valence-corrected chi connectivity index (χ1v) is 5.00. The maximum Gasteiger partial charge on any atom is 0.186 e. The number of hydrogen-bond acceptors (Lipinski definition) is 3. The monoisotopic (exact) mass is 206 g/mol. The smallest absolute Gasteiger partial charge is 0.186 e. The van der Waals surface area contributed by atoms with Gasteiger partial charge in [0.1, 0.15) is 5.69 Å². The van der Waals surface area contributed by atoms with Crippen LogP contribution in [0.4, 0.5) is 5.69 Å². The summed E-state index contributed by atoms with van der Waals surface area (Å²) in [5, 5.41) is 0. The molecule has 0 spiro atoms. The number of carbonyl (C=O) groups is 1. The Hall–Kier alpha value is -1.38. The van der Waals surface area contributed by atoms with E-state index in [4.69, 9.17) is 0 Å². The summed E-state index contributed by atoms with van der Waals surface area (Å²) in [5.74, 6) is 0.0752. The SMILES string of the molecule is CN(C)c1ccnc(C(=O)C(C)(C)C)c1. The predicted molar refractivity (Wildman–Crippen MR) is 62.3 cm³/mol. The third-order valence-corrected chi connectivity index (χ3v) is 2.17. The fourth-order valence-corrected chi connectivity index (χ4v) is 1.21. The highest BCUT2D eigenvalue weighted by molar-refractivity contribution is 5.98. The Morgan fingerprint density at radius 3 is 2.40 bits per heavy atom. The Kier molecular flexibility index (Phi) is 3.12. The van der Waals surface area contributed by atoms with Gasteiger partial charge in [-0.3, -0.25) is 9.78 Å². The zero-order valence-corrected chi connectivity index (χ0v) is 10.0. The van der Waals surface area contributed by atoms with Gasteiger partial charge >= 0.3 is 0 Å². The van der Waals surface area contributed by atoms with Crippen LogP contribution in [0.5, 0.6) is 0 Å². The Balaban J connectivity index is 3.06. The van der Waals surface area contributed by atoms with Gasteiger partial charge in [-0.15, -0.1) is 0 Å². The van der Waals surface area contributed by atoms with Gasteiger partial charge in [-0.2, -0.15) is 0 Å². The summed E-state index contributed by atoms with van der Waals surface area (Å²) >= 11 is 0. The molecule has 0 atom stereocenters. The van der Waals surface area contributed by atoms with Crippen LogP contribution < -0.4 is 4.90 Å². The Morgan fingerprint density at radius 1 is 1.33 bits per heavy atom. The van der Waals surface area contributed by atoms with E-state index >= 15 is 0 Å². The average Bonchev–Trinajstić information content (AvgIpc) is 2.15. The molecule has 0 unspecified atom stereocenters. The van der Waals surface area contributed by atoms with Gasteiger partial charge in [-0.05, 0) is 12.1 Å². The molecule has 1 heterocycles. The van der Waals surface area contributed by atoms with Crippen LogP contribution in [0.25, 0.3) is 0 Å². The molecule has 0 N–H and O–H groups in total. The van der Waals surface area contributed by atoms with E-state index in [9.17, 15) is 4.79 Å². The zero-order chi connectivity index (χ0) is 11.6. The topological polar surface area (TPSA) is 33.2 Å². The number of hydrogen-bond donors (Lipinski definition) is 0. The van der Waals surface area contributed by atoms with Crippen molar-refractivity contribution in [2.24, 2.45) is 5.41 Å². The quantitative estimate of drug-likeness (QED) is 0.696. The van der Waals surface area contributed by atoms with Crippen molar-refractivity contribution in [1.29, 1.82) is 0 Å². The van der Waals surface area contributed by atoms with Gasteiger partial charge in [-0.1, -0.05) is 20.8 Å². The third kappa shape index (κ3) is 2.78. The predicted octanol–water partition coefficient (Wildman–Crippen LogP) is 2.38. The minimum absolute atomic E-state index is 0.0752. The maximum absolute atomic E-state index is 12.0. The lowest BCUT2D eigenvalue weighted by atomic mass is 9.88. The van der Waals surface area contributed by atoms with Gasteiger partial charge in [0.05, 0.1) is 0 Å². The summed E-state index contributed by atoms with van der Waals surface area (Å²) < 4.78 is 0. The van der Waals surface area contributed by atoms with Crippen molar-refractivity contribution in [3.05, 3.63) is 24.0 Å². The normalized spacial score (nSPS) is 11.3. The molecular formula is C12H18N2O. The first-order valence-electron chi connectivity index (χ1n) is 5.00. The second-order valence-corrected chi connectivity index (χ2v) is 4.87. The van der Waals surface area contributed by atoms with Crippen LogP contribution in [-0.4, -0.2) is 24.9 Å². The molecule has 0 aliphatic carbocycles.